The molecule has 0 unspecified atom stereocenters. The maximum absolute atomic E-state index is 12.6. The van der Waals surface area contributed by atoms with Gasteiger partial charge in [-0.2, -0.15) is 21.6 Å². The fourth-order valence-electron chi connectivity index (χ4n) is 2.70. The maximum atomic E-state index is 12.6. The highest BCUT2D eigenvalue weighted by Crippen LogP contribution is 2.37. The summed E-state index contributed by atoms with van der Waals surface area (Å²) in [5, 5.41) is -0.405. The first-order valence-corrected chi connectivity index (χ1v) is 9.97. The van der Waals surface area contributed by atoms with Crippen molar-refractivity contribution in [1.29, 1.82) is 0 Å². The van der Waals surface area contributed by atoms with E-state index in [-0.39, 0.29) is 16.7 Å². The van der Waals surface area contributed by atoms with E-state index in [1.165, 1.54) is 25.1 Å². The van der Waals surface area contributed by atoms with Crippen molar-refractivity contribution in [1.82, 2.24) is 5.06 Å². The van der Waals surface area contributed by atoms with E-state index in [2.05, 4.69) is 4.28 Å². The van der Waals surface area contributed by atoms with Gasteiger partial charge >= 0.3 is 15.6 Å². The fraction of sp³-hybridized carbons (Fsp3) is 0.263. The number of allylic oxidation sites excluding steroid dienone is 4. The Hall–Kier alpha value is -2.92. The summed E-state index contributed by atoms with van der Waals surface area (Å²) in [7, 11) is -6.22. The number of imide groups is 1. The Morgan fingerprint density at radius 3 is 2.23 bits per heavy atom. The van der Waals surface area contributed by atoms with Gasteiger partial charge in [-0.05, 0) is 52.0 Å². The highest BCUT2D eigenvalue weighted by atomic mass is 32.2. The third-order valence-electron chi connectivity index (χ3n) is 4.10. The minimum atomic E-state index is -6.22. The topological polar surface area (TPSA) is 90.0 Å². The van der Waals surface area contributed by atoms with Crippen molar-refractivity contribution < 1.29 is 40.2 Å². The van der Waals surface area contributed by atoms with Crippen molar-refractivity contribution in [2.24, 2.45) is 0 Å². The van der Waals surface area contributed by atoms with Crippen LogP contribution in [-0.4, -0.2) is 30.8 Å². The number of nitrogens with zero attached hydrogens (tertiary/aromatic N) is 1. The third kappa shape index (κ3) is 4.17. The molecule has 0 spiro atoms. The van der Waals surface area contributed by atoms with Crippen LogP contribution in [0.1, 0.15) is 42.3 Å². The van der Waals surface area contributed by atoms with Crippen LogP contribution in [0.3, 0.4) is 0 Å². The van der Waals surface area contributed by atoms with Crippen LogP contribution >= 0.6 is 0 Å². The van der Waals surface area contributed by atoms with Gasteiger partial charge in [0.15, 0.2) is 0 Å². The number of fused-ring (bicyclic) bond motifs is 1. The van der Waals surface area contributed by atoms with Gasteiger partial charge in [0.1, 0.15) is 11.5 Å². The lowest BCUT2D eigenvalue weighted by atomic mass is 9.90. The molecule has 1 aliphatic heterocycles. The van der Waals surface area contributed by atoms with Crippen molar-refractivity contribution in [2.45, 2.75) is 33.2 Å². The summed E-state index contributed by atoms with van der Waals surface area (Å²) < 4.78 is 70.1. The summed E-state index contributed by atoms with van der Waals surface area (Å²) in [6.45, 7) is 6.49. The Bertz CT molecular complexity index is 1080. The smallest absolute Gasteiger partial charge is 0.457 e. The molecule has 0 aromatic heterocycles. The molecular formula is C19H18F3NO6S. The standard InChI is InChI=1S/C19H18F3NO6S/c1-5-8-12(6-2)28-15-10-9-14-16(11(15)4)13(7-3)17(24)23(18(14)25)29-30(26,27)19(20,21)22/h5-10H,1-4H3/b8-5-,12-6+,13-7+. The minimum absolute atomic E-state index is 0.116. The molecule has 0 N–H and O–H groups in total. The summed E-state index contributed by atoms with van der Waals surface area (Å²) in [6.07, 6.45) is 6.35. The molecule has 0 saturated heterocycles. The second kappa shape index (κ2) is 8.44. The predicted molar refractivity (Wildman–Crippen MR) is 101 cm³/mol. The molecule has 7 nitrogen and oxygen atoms in total. The number of ether oxygens (including phenoxy) is 1. The molecule has 0 bridgehead atoms. The van der Waals surface area contributed by atoms with Crippen molar-refractivity contribution in [2.75, 3.05) is 0 Å². The van der Waals surface area contributed by atoms with Crippen molar-refractivity contribution in [3.63, 3.8) is 0 Å². The molecule has 1 aromatic rings. The minimum Gasteiger partial charge on any atom is -0.457 e. The second-order valence-corrected chi connectivity index (χ2v) is 7.51. The SMILES string of the molecule is C/C=C\C(=C/C)Oc1ccc2c(c1C)/C(=C\C)C(=O)N(OS(=O)(=O)C(F)(F)F)C2=O. The number of hydrogen-bond donors (Lipinski definition) is 0. The van der Waals surface area contributed by atoms with Gasteiger partial charge in [-0.1, -0.05) is 12.2 Å². The molecule has 1 aromatic carbocycles. The van der Waals surface area contributed by atoms with Crippen LogP contribution in [0.2, 0.25) is 0 Å². The Balaban J connectivity index is 2.59. The first kappa shape index (κ1) is 23.4. The van der Waals surface area contributed by atoms with E-state index in [4.69, 9.17) is 4.74 Å². The molecular weight excluding hydrogens is 427 g/mol. The molecule has 1 heterocycles. The molecule has 11 heteroatoms. The number of benzene rings is 1. The van der Waals surface area contributed by atoms with Crippen LogP contribution < -0.4 is 4.74 Å². The Kier molecular flexibility index (Phi) is 6.57. The summed E-state index contributed by atoms with van der Waals surface area (Å²) in [4.78, 5) is 25.2. The first-order valence-electron chi connectivity index (χ1n) is 8.56. The molecule has 0 fully saturated rings. The zero-order valence-electron chi connectivity index (χ0n) is 16.4. The van der Waals surface area contributed by atoms with Crippen molar-refractivity contribution >= 4 is 27.5 Å². The predicted octanol–water partition coefficient (Wildman–Crippen LogP) is 4.02. The third-order valence-corrected chi connectivity index (χ3v) is 5.01. The number of alkyl halides is 3. The van der Waals surface area contributed by atoms with Crippen LogP contribution in [0.25, 0.3) is 5.57 Å². The number of rotatable bonds is 5. The normalized spacial score (nSPS) is 17.1. The molecule has 0 atom stereocenters. The number of carbonyl (C=O) groups excluding carboxylic acids is 2. The second-order valence-electron chi connectivity index (χ2n) is 5.99. The van der Waals surface area contributed by atoms with E-state index in [0.717, 1.165) is 0 Å². The summed E-state index contributed by atoms with van der Waals surface area (Å²) >= 11 is 0. The molecule has 162 valence electrons. The maximum Gasteiger partial charge on any atom is 0.525 e. The lowest BCUT2D eigenvalue weighted by molar-refractivity contribution is -0.144. The van der Waals surface area contributed by atoms with Crippen LogP contribution in [0, 0.1) is 6.92 Å². The van der Waals surface area contributed by atoms with E-state index in [9.17, 15) is 31.2 Å². The van der Waals surface area contributed by atoms with Crippen LogP contribution in [0.4, 0.5) is 13.2 Å². The highest BCUT2D eigenvalue weighted by Gasteiger charge is 2.52. The number of hydroxylamine groups is 2. The summed E-state index contributed by atoms with van der Waals surface area (Å²) in [5.41, 5.74) is -5.75. The number of amides is 2. The molecule has 0 saturated carbocycles. The molecule has 2 amide bonds. The number of halogens is 3. The molecule has 2 rings (SSSR count). The number of hydrogen-bond acceptors (Lipinski definition) is 6. The average Bonchev–Trinajstić information content (AvgIpc) is 2.66. The molecule has 0 aliphatic carbocycles. The van der Waals surface area contributed by atoms with Gasteiger partial charge in [0.2, 0.25) is 0 Å². The van der Waals surface area contributed by atoms with E-state index in [1.54, 1.807) is 39.0 Å². The number of carbonyl (C=O) groups is 2. The monoisotopic (exact) mass is 445 g/mol. The fourth-order valence-corrected chi connectivity index (χ4v) is 3.12. The summed E-state index contributed by atoms with van der Waals surface area (Å²) in [5.74, 6) is -1.90. The van der Waals surface area contributed by atoms with Gasteiger partial charge in [0.25, 0.3) is 11.8 Å². The zero-order chi connectivity index (χ0) is 22.9. The van der Waals surface area contributed by atoms with Gasteiger partial charge in [-0.15, -0.1) is 9.35 Å². The first-order chi connectivity index (χ1) is 13.9. The van der Waals surface area contributed by atoms with Crippen molar-refractivity contribution in [3.8, 4) is 5.75 Å². The lowest BCUT2D eigenvalue weighted by Crippen LogP contribution is -2.45. The van der Waals surface area contributed by atoms with E-state index in [0.29, 0.717) is 17.1 Å². The van der Waals surface area contributed by atoms with Gasteiger partial charge in [0.05, 0.1) is 5.56 Å². The zero-order valence-corrected chi connectivity index (χ0v) is 17.2. The van der Waals surface area contributed by atoms with Crippen LogP contribution in [0.5, 0.6) is 5.75 Å². The highest BCUT2D eigenvalue weighted by molar-refractivity contribution is 7.87. The molecule has 0 radical (unpaired) electrons. The van der Waals surface area contributed by atoms with E-state index < -0.39 is 32.5 Å². The Morgan fingerprint density at radius 2 is 1.73 bits per heavy atom. The average molecular weight is 445 g/mol. The van der Waals surface area contributed by atoms with Crippen molar-refractivity contribution in [3.05, 3.63) is 58.9 Å². The molecule has 1 aliphatic rings. The Morgan fingerprint density at radius 1 is 1.10 bits per heavy atom. The Labute approximate surface area is 171 Å². The lowest BCUT2D eigenvalue weighted by Gasteiger charge is -2.28. The van der Waals surface area contributed by atoms with E-state index >= 15 is 0 Å². The molecule has 30 heavy (non-hydrogen) atoms. The largest absolute Gasteiger partial charge is 0.525 e. The van der Waals surface area contributed by atoms with Gasteiger partial charge in [0, 0.05) is 16.7 Å². The quantitative estimate of drug-likeness (QED) is 0.224. The van der Waals surface area contributed by atoms with E-state index in [1.807, 2.05) is 0 Å². The van der Waals surface area contributed by atoms with Gasteiger partial charge in [-0.3, -0.25) is 9.59 Å². The summed E-state index contributed by atoms with van der Waals surface area (Å²) in [6, 6.07) is 2.61. The van der Waals surface area contributed by atoms with Crippen LogP contribution in [-0.2, 0) is 19.2 Å². The van der Waals surface area contributed by atoms with Gasteiger partial charge < -0.3 is 4.74 Å². The van der Waals surface area contributed by atoms with Gasteiger partial charge in [-0.25, -0.2) is 0 Å². The van der Waals surface area contributed by atoms with Crippen LogP contribution in [0.15, 0.2) is 42.2 Å².